The molecular formula is C16H26N6O3. The van der Waals surface area contributed by atoms with Crippen LogP contribution in [0.5, 0.6) is 0 Å². The highest BCUT2D eigenvalue weighted by Gasteiger charge is 2.40. The molecule has 3 heterocycles. The lowest BCUT2D eigenvalue weighted by atomic mass is 10.0. The van der Waals surface area contributed by atoms with E-state index in [1.165, 1.54) is 0 Å². The summed E-state index contributed by atoms with van der Waals surface area (Å²) in [5, 5.41) is 21.7. The van der Waals surface area contributed by atoms with Gasteiger partial charge < -0.3 is 20.2 Å². The normalized spacial score (nSPS) is 26.5. The maximum Gasteiger partial charge on any atom is 0.223 e. The Morgan fingerprint density at radius 1 is 1.52 bits per heavy atom. The lowest BCUT2D eigenvalue weighted by Gasteiger charge is -2.23. The number of hydrogen-bond donors (Lipinski definition) is 2. The first kappa shape index (κ1) is 17.8. The Morgan fingerprint density at radius 3 is 3.00 bits per heavy atom. The largest absolute Gasteiger partial charge is 0.386 e. The van der Waals surface area contributed by atoms with Crippen LogP contribution in [0.1, 0.15) is 25.0 Å². The number of aliphatic hydroxyl groups is 1. The van der Waals surface area contributed by atoms with Crippen LogP contribution in [0.15, 0.2) is 6.20 Å². The molecule has 0 aromatic carbocycles. The zero-order valence-electron chi connectivity index (χ0n) is 14.8. The summed E-state index contributed by atoms with van der Waals surface area (Å²) in [5.74, 6) is -0.339. The highest BCUT2D eigenvalue weighted by Crippen LogP contribution is 2.25. The summed E-state index contributed by atoms with van der Waals surface area (Å²) in [6.07, 6.45) is 3.25. The van der Waals surface area contributed by atoms with Crippen LogP contribution in [0.25, 0.3) is 0 Å². The number of carbonyl (C=O) groups is 2. The smallest absolute Gasteiger partial charge is 0.223 e. The highest BCUT2D eigenvalue weighted by molar-refractivity contribution is 5.87. The predicted octanol–water partition coefficient (Wildman–Crippen LogP) is -1.17. The number of nitrogens with zero attached hydrogens (tertiary/aromatic N) is 5. The number of likely N-dealkylation sites (tertiary alicyclic amines) is 1. The molecule has 2 fully saturated rings. The van der Waals surface area contributed by atoms with E-state index in [0.717, 1.165) is 5.69 Å². The molecule has 0 radical (unpaired) electrons. The van der Waals surface area contributed by atoms with E-state index in [4.69, 9.17) is 0 Å². The molecule has 2 N–H and O–H groups in total. The molecule has 3 rings (SSSR count). The Balaban J connectivity index is 1.54. The van der Waals surface area contributed by atoms with Crippen LogP contribution in [0.2, 0.25) is 0 Å². The van der Waals surface area contributed by atoms with E-state index >= 15 is 0 Å². The number of aromatic nitrogens is 3. The van der Waals surface area contributed by atoms with Gasteiger partial charge in [0.05, 0.1) is 18.8 Å². The third kappa shape index (κ3) is 4.35. The molecule has 1 aromatic rings. The SMILES string of the molecule is CN(C)Cc1cn(CC2(O)CCN(C(=O)CC3CCNC3=O)C2)nn1. The first-order valence-electron chi connectivity index (χ1n) is 8.66. The van der Waals surface area contributed by atoms with Crippen LogP contribution in [0.4, 0.5) is 0 Å². The lowest BCUT2D eigenvalue weighted by molar-refractivity contribution is -0.135. The van der Waals surface area contributed by atoms with Crippen molar-refractivity contribution in [3.8, 4) is 0 Å². The zero-order valence-corrected chi connectivity index (χ0v) is 14.8. The predicted molar refractivity (Wildman–Crippen MR) is 89.3 cm³/mol. The van der Waals surface area contributed by atoms with Gasteiger partial charge in [-0.3, -0.25) is 9.59 Å². The van der Waals surface area contributed by atoms with Crippen molar-refractivity contribution in [2.24, 2.45) is 5.92 Å². The molecule has 2 aliphatic heterocycles. The minimum atomic E-state index is -1.00. The van der Waals surface area contributed by atoms with Crippen molar-refractivity contribution in [1.29, 1.82) is 0 Å². The van der Waals surface area contributed by atoms with Gasteiger partial charge in [0.25, 0.3) is 0 Å². The topological polar surface area (TPSA) is 104 Å². The summed E-state index contributed by atoms with van der Waals surface area (Å²) >= 11 is 0. The van der Waals surface area contributed by atoms with Crippen LogP contribution in [-0.2, 0) is 22.7 Å². The van der Waals surface area contributed by atoms with Gasteiger partial charge in [-0.15, -0.1) is 5.10 Å². The maximum absolute atomic E-state index is 12.4. The van der Waals surface area contributed by atoms with E-state index in [9.17, 15) is 14.7 Å². The van der Waals surface area contributed by atoms with E-state index in [2.05, 4.69) is 15.6 Å². The van der Waals surface area contributed by atoms with Crippen LogP contribution < -0.4 is 5.32 Å². The number of nitrogens with one attached hydrogen (secondary N) is 1. The van der Waals surface area contributed by atoms with Gasteiger partial charge in [-0.2, -0.15) is 0 Å². The second-order valence-corrected chi connectivity index (χ2v) is 7.42. The second-order valence-electron chi connectivity index (χ2n) is 7.42. The van der Waals surface area contributed by atoms with Crippen LogP contribution in [-0.4, -0.2) is 81.0 Å². The summed E-state index contributed by atoms with van der Waals surface area (Å²) in [4.78, 5) is 27.7. The minimum Gasteiger partial charge on any atom is -0.386 e. The molecule has 0 saturated carbocycles. The van der Waals surface area contributed by atoms with Crippen molar-refractivity contribution in [3.63, 3.8) is 0 Å². The number of carbonyl (C=O) groups excluding carboxylic acids is 2. The molecule has 9 heteroatoms. The lowest BCUT2D eigenvalue weighted by Crippen LogP contribution is -2.40. The summed E-state index contributed by atoms with van der Waals surface area (Å²) in [5.41, 5.74) is -0.164. The first-order valence-corrected chi connectivity index (χ1v) is 8.66. The number of amides is 2. The highest BCUT2D eigenvalue weighted by atomic mass is 16.3. The minimum absolute atomic E-state index is 0.0427. The number of hydrogen-bond acceptors (Lipinski definition) is 6. The molecule has 25 heavy (non-hydrogen) atoms. The Bertz CT molecular complexity index is 646. The Hall–Kier alpha value is -2.00. The van der Waals surface area contributed by atoms with Crippen molar-refractivity contribution in [2.75, 3.05) is 33.7 Å². The van der Waals surface area contributed by atoms with Crippen LogP contribution in [0.3, 0.4) is 0 Å². The van der Waals surface area contributed by atoms with E-state index in [-0.39, 0.29) is 30.7 Å². The molecule has 9 nitrogen and oxygen atoms in total. The number of β-amino-alcohol motifs (C(OH)–C–C–N with tert-alkyl or cyclic N) is 1. The van der Waals surface area contributed by atoms with Gasteiger partial charge in [-0.05, 0) is 26.9 Å². The Morgan fingerprint density at radius 2 is 2.32 bits per heavy atom. The average Bonchev–Trinajstić information content (AvgIpc) is 3.22. The molecular weight excluding hydrogens is 324 g/mol. The second kappa shape index (κ2) is 7.09. The van der Waals surface area contributed by atoms with Crippen molar-refractivity contribution >= 4 is 11.8 Å². The molecule has 2 amide bonds. The van der Waals surface area contributed by atoms with Crippen molar-refractivity contribution in [3.05, 3.63) is 11.9 Å². The standard InChI is InChI=1S/C16H26N6O3/c1-20(2)8-13-9-22(19-18-13)11-16(25)4-6-21(10-16)14(23)7-12-3-5-17-15(12)24/h9,12,25H,3-8,10-11H2,1-2H3,(H,17,24). The van der Waals surface area contributed by atoms with Crippen LogP contribution in [0, 0.1) is 5.92 Å². The van der Waals surface area contributed by atoms with Gasteiger partial charge >= 0.3 is 0 Å². The molecule has 138 valence electrons. The fourth-order valence-electron chi connectivity index (χ4n) is 3.49. The molecule has 2 saturated heterocycles. The van der Waals surface area contributed by atoms with Crippen LogP contribution >= 0.6 is 0 Å². The molecule has 1 aromatic heterocycles. The number of rotatable bonds is 6. The van der Waals surface area contributed by atoms with Crippen molar-refractivity contribution in [1.82, 2.24) is 30.1 Å². The Labute approximate surface area is 147 Å². The summed E-state index contributed by atoms with van der Waals surface area (Å²) < 4.78 is 1.64. The fourth-order valence-corrected chi connectivity index (χ4v) is 3.49. The first-order chi connectivity index (χ1) is 11.8. The van der Waals surface area contributed by atoms with Gasteiger partial charge in [-0.25, -0.2) is 4.68 Å². The molecule has 0 aliphatic carbocycles. The van der Waals surface area contributed by atoms with Gasteiger partial charge in [0.2, 0.25) is 11.8 Å². The maximum atomic E-state index is 12.4. The van der Waals surface area contributed by atoms with E-state index < -0.39 is 5.60 Å². The molecule has 2 aliphatic rings. The van der Waals surface area contributed by atoms with E-state index in [1.54, 1.807) is 9.58 Å². The summed E-state index contributed by atoms with van der Waals surface area (Å²) in [6, 6.07) is 0. The summed E-state index contributed by atoms with van der Waals surface area (Å²) in [6.45, 7) is 2.40. The zero-order chi connectivity index (χ0) is 18.0. The third-order valence-electron chi connectivity index (χ3n) is 4.79. The van der Waals surface area contributed by atoms with Gasteiger partial charge in [-0.1, -0.05) is 5.21 Å². The van der Waals surface area contributed by atoms with E-state index in [1.807, 2.05) is 25.2 Å². The van der Waals surface area contributed by atoms with Gasteiger partial charge in [0.1, 0.15) is 5.60 Å². The van der Waals surface area contributed by atoms with E-state index in [0.29, 0.717) is 39.0 Å². The monoisotopic (exact) mass is 350 g/mol. The molecule has 0 bridgehead atoms. The molecule has 0 spiro atoms. The average molecular weight is 350 g/mol. The fraction of sp³-hybridized carbons (Fsp3) is 0.750. The van der Waals surface area contributed by atoms with Crippen molar-refractivity contribution < 1.29 is 14.7 Å². The third-order valence-corrected chi connectivity index (χ3v) is 4.79. The molecule has 2 unspecified atom stereocenters. The van der Waals surface area contributed by atoms with Gasteiger partial charge in [0, 0.05) is 38.2 Å². The molecule has 2 atom stereocenters. The summed E-state index contributed by atoms with van der Waals surface area (Å²) in [7, 11) is 3.91. The van der Waals surface area contributed by atoms with Crippen molar-refractivity contribution in [2.45, 2.75) is 38.0 Å². The quantitative estimate of drug-likeness (QED) is 0.670. The Kier molecular flexibility index (Phi) is 5.05. The van der Waals surface area contributed by atoms with Gasteiger partial charge in [0.15, 0.2) is 0 Å².